The molecule has 0 spiro atoms. The Bertz CT molecular complexity index is 1460. The predicted molar refractivity (Wildman–Crippen MR) is 152 cm³/mol. The molecule has 0 saturated carbocycles. The molecule has 1 atom stereocenters. The largest absolute Gasteiger partial charge is 0.497 e. The van der Waals surface area contributed by atoms with Crippen molar-refractivity contribution >= 4 is 10.9 Å². The molecular weight excluding hydrogens is 456 g/mol. The molecule has 0 amide bonds. The SMILES string of the molecule is COc1ccc2c(c1)CCCC2N(Cc1ccc(C(C)(C)C)cc1)Cc1cc2cc(C)ccc2[nH]c1=O. The number of aromatic amines is 1. The molecule has 1 N–H and O–H groups in total. The van der Waals surface area contributed by atoms with E-state index in [1.54, 1.807) is 7.11 Å². The van der Waals surface area contributed by atoms with Crippen LogP contribution in [0.15, 0.2) is 71.5 Å². The average molecular weight is 495 g/mol. The summed E-state index contributed by atoms with van der Waals surface area (Å²) in [5, 5.41) is 1.08. The minimum absolute atomic E-state index is 0.00445. The number of aromatic nitrogens is 1. The van der Waals surface area contributed by atoms with Gasteiger partial charge in [0.05, 0.1) is 7.11 Å². The highest BCUT2D eigenvalue weighted by Crippen LogP contribution is 2.38. The summed E-state index contributed by atoms with van der Waals surface area (Å²) in [6.45, 7) is 10.2. The molecule has 1 unspecified atom stereocenters. The van der Waals surface area contributed by atoms with E-state index >= 15 is 0 Å². The van der Waals surface area contributed by atoms with Gasteiger partial charge in [-0.2, -0.15) is 0 Å². The van der Waals surface area contributed by atoms with Crippen LogP contribution in [0.1, 0.15) is 73.0 Å². The molecule has 37 heavy (non-hydrogen) atoms. The van der Waals surface area contributed by atoms with Gasteiger partial charge >= 0.3 is 0 Å². The molecule has 5 rings (SSSR count). The first-order chi connectivity index (χ1) is 17.7. The fourth-order valence-corrected chi connectivity index (χ4v) is 5.60. The Balaban J connectivity index is 1.53. The Morgan fingerprint density at radius 2 is 1.76 bits per heavy atom. The standard InChI is InChI=1S/C33H38N2O2/c1-22-9-16-30-25(17-22)18-26(32(36)34-30)21-35(20-23-10-12-27(13-11-23)33(2,3)4)31-8-6-7-24-19-28(37-5)14-15-29(24)31/h9-19,31H,6-8,20-21H2,1-5H3,(H,34,36). The van der Waals surface area contributed by atoms with Crippen molar-refractivity contribution in [1.82, 2.24) is 9.88 Å². The van der Waals surface area contributed by atoms with E-state index < -0.39 is 0 Å². The highest BCUT2D eigenvalue weighted by molar-refractivity contribution is 5.79. The van der Waals surface area contributed by atoms with Crippen molar-refractivity contribution in [1.29, 1.82) is 0 Å². The van der Waals surface area contributed by atoms with Crippen LogP contribution in [0.5, 0.6) is 5.75 Å². The summed E-state index contributed by atoms with van der Waals surface area (Å²) in [6, 6.07) is 24.0. The smallest absolute Gasteiger partial charge is 0.252 e. The normalized spacial score (nSPS) is 15.7. The Morgan fingerprint density at radius 3 is 2.49 bits per heavy atom. The third kappa shape index (κ3) is 5.50. The maximum absolute atomic E-state index is 13.2. The Hall–Kier alpha value is -3.37. The van der Waals surface area contributed by atoms with Gasteiger partial charge in [-0.3, -0.25) is 9.69 Å². The molecule has 1 aliphatic carbocycles. The number of benzene rings is 3. The molecule has 1 aliphatic rings. The van der Waals surface area contributed by atoms with Gasteiger partial charge in [0.15, 0.2) is 0 Å². The van der Waals surface area contributed by atoms with E-state index in [1.165, 1.54) is 27.8 Å². The first-order valence-corrected chi connectivity index (χ1v) is 13.3. The maximum atomic E-state index is 13.2. The molecule has 4 heteroatoms. The Morgan fingerprint density at radius 1 is 0.973 bits per heavy atom. The van der Waals surface area contributed by atoms with E-state index in [-0.39, 0.29) is 17.0 Å². The van der Waals surface area contributed by atoms with Crippen LogP contribution in [0.2, 0.25) is 0 Å². The summed E-state index contributed by atoms with van der Waals surface area (Å²) in [4.78, 5) is 18.8. The fraction of sp³-hybridized carbons (Fsp3) is 0.364. The minimum atomic E-state index is -0.00445. The molecule has 1 aromatic heterocycles. The van der Waals surface area contributed by atoms with Gasteiger partial charge < -0.3 is 9.72 Å². The van der Waals surface area contributed by atoms with Gasteiger partial charge in [-0.15, -0.1) is 0 Å². The van der Waals surface area contributed by atoms with E-state index in [1.807, 2.05) is 12.1 Å². The molecule has 192 valence electrons. The van der Waals surface area contributed by atoms with Gasteiger partial charge in [0.2, 0.25) is 0 Å². The molecule has 4 aromatic rings. The van der Waals surface area contributed by atoms with E-state index in [2.05, 4.69) is 92.2 Å². The van der Waals surface area contributed by atoms with Gasteiger partial charge in [-0.1, -0.05) is 62.7 Å². The van der Waals surface area contributed by atoms with Crippen molar-refractivity contribution in [2.75, 3.05) is 7.11 Å². The fourth-order valence-electron chi connectivity index (χ4n) is 5.60. The average Bonchev–Trinajstić information content (AvgIpc) is 2.88. The summed E-state index contributed by atoms with van der Waals surface area (Å²) in [5.41, 5.74) is 8.31. The van der Waals surface area contributed by atoms with Crippen LogP contribution in [0.4, 0.5) is 0 Å². The zero-order valence-corrected chi connectivity index (χ0v) is 22.7. The molecule has 4 nitrogen and oxygen atoms in total. The van der Waals surface area contributed by atoms with Crippen LogP contribution in [0, 0.1) is 6.92 Å². The number of H-pyrrole nitrogens is 1. The number of methoxy groups -OCH3 is 1. The van der Waals surface area contributed by atoms with Crippen LogP contribution in [0.3, 0.4) is 0 Å². The highest BCUT2D eigenvalue weighted by Gasteiger charge is 2.27. The first kappa shape index (κ1) is 25.3. The van der Waals surface area contributed by atoms with Crippen LogP contribution >= 0.6 is 0 Å². The quantitative estimate of drug-likeness (QED) is 0.308. The lowest BCUT2D eigenvalue weighted by Gasteiger charge is -2.36. The van der Waals surface area contributed by atoms with Crippen molar-refractivity contribution < 1.29 is 4.74 Å². The number of rotatable bonds is 6. The van der Waals surface area contributed by atoms with E-state index in [9.17, 15) is 4.79 Å². The molecule has 0 radical (unpaired) electrons. The zero-order chi connectivity index (χ0) is 26.2. The van der Waals surface area contributed by atoms with E-state index in [4.69, 9.17) is 4.74 Å². The van der Waals surface area contributed by atoms with Gasteiger partial charge in [-0.25, -0.2) is 0 Å². The molecule has 0 saturated heterocycles. The van der Waals surface area contributed by atoms with Crippen molar-refractivity contribution in [2.45, 2.75) is 71.5 Å². The molecular formula is C33H38N2O2. The van der Waals surface area contributed by atoms with E-state index in [0.717, 1.165) is 48.0 Å². The summed E-state index contributed by atoms with van der Waals surface area (Å²) in [5.74, 6) is 0.907. The molecule has 0 bridgehead atoms. The maximum Gasteiger partial charge on any atom is 0.252 e. The van der Waals surface area contributed by atoms with Crippen LogP contribution < -0.4 is 10.3 Å². The lowest BCUT2D eigenvalue weighted by Crippen LogP contribution is -2.32. The van der Waals surface area contributed by atoms with Crippen LogP contribution in [-0.2, 0) is 24.9 Å². The summed E-state index contributed by atoms with van der Waals surface area (Å²) in [7, 11) is 1.73. The number of nitrogens with zero attached hydrogens (tertiary/aromatic N) is 1. The zero-order valence-electron chi connectivity index (χ0n) is 22.7. The topological polar surface area (TPSA) is 45.3 Å². The minimum Gasteiger partial charge on any atom is -0.497 e. The van der Waals surface area contributed by atoms with Crippen LogP contribution in [-0.4, -0.2) is 17.0 Å². The van der Waals surface area contributed by atoms with Gasteiger partial charge in [0, 0.05) is 30.2 Å². The number of aryl methyl sites for hydroxylation is 2. The van der Waals surface area contributed by atoms with Gasteiger partial charge in [-0.05, 0) is 89.6 Å². The van der Waals surface area contributed by atoms with E-state index in [0.29, 0.717) is 6.54 Å². The highest BCUT2D eigenvalue weighted by atomic mass is 16.5. The number of fused-ring (bicyclic) bond motifs is 2. The van der Waals surface area contributed by atoms with Gasteiger partial charge in [0.25, 0.3) is 5.56 Å². The lowest BCUT2D eigenvalue weighted by atomic mass is 9.85. The van der Waals surface area contributed by atoms with Crippen molar-refractivity contribution in [3.63, 3.8) is 0 Å². The third-order valence-electron chi connectivity index (χ3n) is 7.73. The number of ether oxygens (including phenoxy) is 1. The van der Waals surface area contributed by atoms with Crippen molar-refractivity contribution in [3.8, 4) is 5.75 Å². The molecule has 0 fully saturated rings. The summed E-state index contributed by atoms with van der Waals surface area (Å²) in [6.07, 6.45) is 3.26. The lowest BCUT2D eigenvalue weighted by molar-refractivity contribution is 0.160. The molecule has 1 heterocycles. The number of hydrogen-bond donors (Lipinski definition) is 1. The van der Waals surface area contributed by atoms with Crippen molar-refractivity contribution in [2.24, 2.45) is 0 Å². The second-order valence-electron chi connectivity index (χ2n) is 11.5. The van der Waals surface area contributed by atoms with Crippen molar-refractivity contribution in [3.05, 3.63) is 110 Å². The second-order valence-corrected chi connectivity index (χ2v) is 11.5. The predicted octanol–water partition coefficient (Wildman–Crippen LogP) is 7.22. The summed E-state index contributed by atoms with van der Waals surface area (Å²) < 4.78 is 5.51. The first-order valence-electron chi connectivity index (χ1n) is 13.3. The number of nitrogens with one attached hydrogen (secondary N) is 1. The second kappa shape index (κ2) is 10.2. The Labute approximate surface area is 220 Å². The number of hydrogen-bond acceptors (Lipinski definition) is 3. The monoisotopic (exact) mass is 494 g/mol. The number of pyridine rings is 1. The summed E-state index contributed by atoms with van der Waals surface area (Å²) >= 11 is 0. The molecule has 3 aromatic carbocycles. The Kier molecular flexibility index (Phi) is 6.96. The van der Waals surface area contributed by atoms with Crippen LogP contribution in [0.25, 0.3) is 10.9 Å². The third-order valence-corrected chi connectivity index (χ3v) is 7.73. The molecule has 0 aliphatic heterocycles. The van der Waals surface area contributed by atoms with Gasteiger partial charge in [0.1, 0.15) is 5.75 Å².